The first-order chi connectivity index (χ1) is 15.6. The number of thioether (sulfide) groups is 1. The minimum absolute atomic E-state index is 0.215. The lowest BCUT2D eigenvalue weighted by atomic mass is 10.2. The van der Waals surface area contributed by atoms with Gasteiger partial charge < -0.3 is 0 Å². The fraction of sp³-hybridized carbons (Fsp3) is 0.0909. The number of hydrogen-bond donors (Lipinski definition) is 0. The normalized spacial score (nSPS) is 11.3. The van der Waals surface area contributed by atoms with E-state index in [1.807, 2.05) is 30.3 Å². The van der Waals surface area contributed by atoms with Crippen molar-refractivity contribution in [3.63, 3.8) is 0 Å². The molecular formula is C22H15ClN6O2S. The maximum absolute atomic E-state index is 13.2. The number of rotatable bonds is 5. The molecule has 0 atom stereocenters. The molecule has 5 rings (SSSR count). The first kappa shape index (κ1) is 20.3. The molecule has 5 aromatic rings. The Bertz CT molecular complexity index is 1570. The average Bonchev–Trinajstić information content (AvgIpc) is 2.81. The molecule has 158 valence electrons. The van der Waals surface area contributed by atoms with Crippen molar-refractivity contribution < 1.29 is 0 Å². The van der Waals surface area contributed by atoms with Gasteiger partial charge in [-0.25, -0.2) is 19.9 Å². The van der Waals surface area contributed by atoms with Gasteiger partial charge >= 0.3 is 0 Å². The predicted octanol–water partition coefficient (Wildman–Crippen LogP) is 3.19. The molecule has 0 bridgehead atoms. The average molecular weight is 463 g/mol. The van der Waals surface area contributed by atoms with Gasteiger partial charge in [-0.2, -0.15) is 0 Å². The van der Waals surface area contributed by atoms with E-state index >= 15 is 0 Å². The van der Waals surface area contributed by atoms with Gasteiger partial charge in [-0.1, -0.05) is 53.7 Å². The van der Waals surface area contributed by atoms with E-state index in [9.17, 15) is 9.59 Å². The highest BCUT2D eigenvalue weighted by Gasteiger charge is 2.15. The summed E-state index contributed by atoms with van der Waals surface area (Å²) >= 11 is 7.29. The molecule has 0 fully saturated rings. The molecule has 4 heterocycles. The second kappa shape index (κ2) is 8.52. The largest absolute Gasteiger partial charge is 0.282 e. The summed E-state index contributed by atoms with van der Waals surface area (Å²) in [5, 5.41) is 0.930. The molecule has 1 aromatic carbocycles. The van der Waals surface area contributed by atoms with Crippen LogP contribution in [0.5, 0.6) is 0 Å². The smallest absolute Gasteiger partial charge is 0.281 e. The van der Waals surface area contributed by atoms with Gasteiger partial charge in [-0.05, 0) is 17.7 Å². The van der Waals surface area contributed by atoms with Crippen LogP contribution in [0.15, 0.2) is 81.9 Å². The van der Waals surface area contributed by atoms with E-state index in [1.54, 1.807) is 16.7 Å². The summed E-state index contributed by atoms with van der Waals surface area (Å²) in [6, 6.07) is 14.5. The fourth-order valence-electron chi connectivity index (χ4n) is 3.28. The second-order valence-electron chi connectivity index (χ2n) is 6.95. The van der Waals surface area contributed by atoms with Crippen LogP contribution in [-0.2, 0) is 12.3 Å². The SMILES string of the molecule is O=c1c2nccnc2nc(SCc2cc(=O)n3cc(Cl)ccc3n2)n1Cc1ccccc1. The minimum Gasteiger partial charge on any atom is -0.281 e. The summed E-state index contributed by atoms with van der Waals surface area (Å²) in [5.74, 6) is 0.349. The summed E-state index contributed by atoms with van der Waals surface area (Å²) in [7, 11) is 0. The van der Waals surface area contributed by atoms with Gasteiger partial charge in [-0.3, -0.25) is 18.6 Å². The van der Waals surface area contributed by atoms with Crippen molar-refractivity contribution in [1.82, 2.24) is 28.9 Å². The summed E-state index contributed by atoms with van der Waals surface area (Å²) in [6.07, 6.45) is 4.51. The van der Waals surface area contributed by atoms with Gasteiger partial charge in [0.05, 0.1) is 17.3 Å². The number of fused-ring (bicyclic) bond motifs is 2. The van der Waals surface area contributed by atoms with Gasteiger partial charge in [-0.15, -0.1) is 0 Å². The fourth-order valence-corrected chi connectivity index (χ4v) is 4.32. The van der Waals surface area contributed by atoms with Crippen LogP contribution < -0.4 is 11.1 Å². The number of halogens is 1. The molecule has 8 nitrogen and oxygen atoms in total. The summed E-state index contributed by atoms with van der Waals surface area (Å²) in [5.41, 5.74) is 2.03. The number of aromatic nitrogens is 6. The molecule has 0 saturated carbocycles. The second-order valence-corrected chi connectivity index (χ2v) is 8.33. The highest BCUT2D eigenvalue weighted by atomic mass is 35.5. The van der Waals surface area contributed by atoms with Gasteiger partial charge in [0.15, 0.2) is 16.3 Å². The first-order valence-corrected chi connectivity index (χ1v) is 11.0. The molecule has 10 heteroatoms. The molecule has 32 heavy (non-hydrogen) atoms. The van der Waals surface area contributed by atoms with Gasteiger partial charge in [0.25, 0.3) is 11.1 Å². The van der Waals surface area contributed by atoms with Crippen LogP contribution in [0.2, 0.25) is 5.02 Å². The maximum Gasteiger partial charge on any atom is 0.282 e. The molecule has 0 aliphatic rings. The van der Waals surface area contributed by atoms with Crippen LogP contribution in [0, 0.1) is 0 Å². The van der Waals surface area contributed by atoms with Crippen molar-refractivity contribution in [2.45, 2.75) is 17.5 Å². The van der Waals surface area contributed by atoms with Crippen molar-refractivity contribution in [3.8, 4) is 0 Å². The van der Waals surface area contributed by atoms with E-state index in [0.717, 1.165) is 5.56 Å². The zero-order valence-electron chi connectivity index (χ0n) is 16.6. The van der Waals surface area contributed by atoms with E-state index in [0.29, 0.717) is 33.8 Å². The Morgan fingerprint density at radius 3 is 2.62 bits per heavy atom. The molecule has 0 spiro atoms. The third-order valence-corrected chi connectivity index (χ3v) is 6.00. The maximum atomic E-state index is 13.2. The van der Waals surface area contributed by atoms with Crippen LogP contribution in [0.4, 0.5) is 0 Å². The van der Waals surface area contributed by atoms with Crippen LogP contribution in [0.3, 0.4) is 0 Å². The number of pyridine rings is 1. The highest BCUT2D eigenvalue weighted by molar-refractivity contribution is 7.98. The van der Waals surface area contributed by atoms with Crippen molar-refractivity contribution in [2.75, 3.05) is 0 Å². The van der Waals surface area contributed by atoms with Crippen LogP contribution in [-0.4, -0.2) is 28.9 Å². The van der Waals surface area contributed by atoms with E-state index in [4.69, 9.17) is 11.6 Å². The molecule has 0 aliphatic heterocycles. The Balaban J connectivity index is 1.54. The molecule has 0 amide bonds. The quantitative estimate of drug-likeness (QED) is 0.292. The van der Waals surface area contributed by atoms with E-state index in [-0.39, 0.29) is 22.3 Å². The van der Waals surface area contributed by atoms with Crippen LogP contribution in [0.1, 0.15) is 11.3 Å². The van der Waals surface area contributed by atoms with E-state index in [2.05, 4.69) is 19.9 Å². The molecule has 0 saturated heterocycles. The Morgan fingerprint density at radius 2 is 1.78 bits per heavy atom. The Morgan fingerprint density at radius 1 is 0.969 bits per heavy atom. The zero-order chi connectivity index (χ0) is 22.1. The van der Waals surface area contributed by atoms with Gasteiger partial charge in [0.2, 0.25) is 0 Å². The third kappa shape index (κ3) is 4.00. The lowest BCUT2D eigenvalue weighted by Gasteiger charge is -2.12. The van der Waals surface area contributed by atoms with Gasteiger partial charge in [0, 0.05) is 30.4 Å². The third-order valence-electron chi connectivity index (χ3n) is 4.77. The topological polar surface area (TPSA) is 95.0 Å². The number of nitrogens with zero attached hydrogens (tertiary/aromatic N) is 6. The van der Waals surface area contributed by atoms with E-state index in [1.165, 1.54) is 40.8 Å². The summed E-state index contributed by atoms with van der Waals surface area (Å²) in [6.45, 7) is 0.341. The summed E-state index contributed by atoms with van der Waals surface area (Å²) in [4.78, 5) is 43.1. The molecule has 0 radical (unpaired) electrons. The lowest BCUT2D eigenvalue weighted by Crippen LogP contribution is -2.25. The zero-order valence-corrected chi connectivity index (χ0v) is 18.1. The Hall–Kier alpha value is -3.56. The highest BCUT2D eigenvalue weighted by Crippen LogP contribution is 2.21. The van der Waals surface area contributed by atoms with Crippen molar-refractivity contribution in [2.24, 2.45) is 0 Å². The number of hydrogen-bond acceptors (Lipinski definition) is 7. The molecule has 0 N–H and O–H groups in total. The lowest BCUT2D eigenvalue weighted by molar-refractivity contribution is 0.654. The van der Waals surface area contributed by atoms with Gasteiger partial charge in [0.1, 0.15) is 5.65 Å². The molecular weight excluding hydrogens is 448 g/mol. The Kier molecular flexibility index (Phi) is 5.42. The van der Waals surface area contributed by atoms with E-state index < -0.39 is 0 Å². The molecule has 4 aromatic heterocycles. The van der Waals surface area contributed by atoms with Crippen molar-refractivity contribution in [3.05, 3.63) is 104 Å². The molecule has 0 aliphatic carbocycles. The summed E-state index contributed by atoms with van der Waals surface area (Å²) < 4.78 is 2.97. The standard InChI is InChI=1S/C22H15ClN6O2S/c23-15-6-7-17-26-16(10-18(30)28(17)12-15)13-32-22-27-20-19(24-8-9-25-20)21(31)29(22)11-14-4-2-1-3-5-14/h1-10,12H,11,13H2. The predicted molar refractivity (Wildman–Crippen MR) is 123 cm³/mol. The van der Waals surface area contributed by atoms with Crippen LogP contribution >= 0.6 is 23.4 Å². The first-order valence-electron chi connectivity index (χ1n) is 9.64. The minimum atomic E-state index is -0.268. The van der Waals surface area contributed by atoms with Crippen molar-refractivity contribution in [1.29, 1.82) is 0 Å². The molecule has 0 unspecified atom stereocenters. The Labute approximate surface area is 190 Å². The van der Waals surface area contributed by atoms with Crippen LogP contribution in [0.25, 0.3) is 16.8 Å². The van der Waals surface area contributed by atoms with Crippen molar-refractivity contribution >= 4 is 40.2 Å². The number of benzene rings is 1. The monoisotopic (exact) mass is 462 g/mol.